The molecular weight excluding hydrogens is 240 g/mol. The second-order valence-electron chi connectivity index (χ2n) is 6.89. The molecule has 1 heterocycles. The average molecular weight is 270 g/mol. The molecule has 0 aliphatic carbocycles. The van der Waals surface area contributed by atoms with Gasteiger partial charge in [0.05, 0.1) is 24.7 Å². The molecule has 0 bridgehead atoms. The first-order valence-corrected chi connectivity index (χ1v) is 7.40. The molecule has 0 aromatic heterocycles. The van der Waals surface area contributed by atoms with Crippen molar-refractivity contribution in [3.8, 4) is 0 Å². The van der Waals surface area contributed by atoms with E-state index in [2.05, 4.69) is 27.7 Å². The highest BCUT2D eigenvalue weighted by atomic mass is 16.5. The summed E-state index contributed by atoms with van der Waals surface area (Å²) in [5.74, 6) is 0.138. The second kappa shape index (κ2) is 6.71. The number of carbonyl (C=O) groups is 1. The summed E-state index contributed by atoms with van der Waals surface area (Å²) in [4.78, 5) is 14.7. The average Bonchev–Trinajstić information content (AvgIpc) is 2.34. The first-order chi connectivity index (χ1) is 8.78. The van der Waals surface area contributed by atoms with Crippen molar-refractivity contribution in [1.29, 1.82) is 0 Å². The fraction of sp³-hybridized carbons (Fsp3) is 0.933. The Morgan fingerprint density at radius 1 is 1.47 bits per heavy atom. The summed E-state index contributed by atoms with van der Waals surface area (Å²) < 4.78 is 5.65. The molecule has 3 unspecified atom stereocenters. The molecule has 3 atom stereocenters. The highest BCUT2D eigenvalue weighted by Gasteiger charge is 2.34. The van der Waals surface area contributed by atoms with Crippen LogP contribution in [-0.2, 0) is 9.53 Å². The maximum absolute atomic E-state index is 12.7. The van der Waals surface area contributed by atoms with Gasteiger partial charge in [-0.05, 0) is 25.2 Å². The second-order valence-corrected chi connectivity index (χ2v) is 6.89. The highest BCUT2D eigenvalue weighted by molar-refractivity contribution is 5.79. The summed E-state index contributed by atoms with van der Waals surface area (Å²) in [5.41, 5.74) is 5.95. The lowest BCUT2D eigenvalue weighted by molar-refractivity contribution is -0.149. The zero-order valence-corrected chi connectivity index (χ0v) is 13.1. The van der Waals surface area contributed by atoms with Crippen molar-refractivity contribution >= 4 is 5.91 Å². The van der Waals surface area contributed by atoms with Crippen LogP contribution in [0.5, 0.6) is 0 Å². The topological polar surface area (TPSA) is 55.6 Å². The van der Waals surface area contributed by atoms with E-state index >= 15 is 0 Å². The molecule has 2 N–H and O–H groups in total. The Bertz CT molecular complexity index is 299. The van der Waals surface area contributed by atoms with Gasteiger partial charge in [0.1, 0.15) is 0 Å². The monoisotopic (exact) mass is 270 g/mol. The van der Waals surface area contributed by atoms with Crippen molar-refractivity contribution in [2.24, 2.45) is 17.1 Å². The third-order valence-electron chi connectivity index (χ3n) is 3.71. The number of nitrogens with two attached hydrogens (primary N) is 1. The Balaban J connectivity index is 2.76. The summed E-state index contributed by atoms with van der Waals surface area (Å²) in [6.07, 6.45) is 1.90. The quantitative estimate of drug-likeness (QED) is 0.850. The van der Waals surface area contributed by atoms with Crippen LogP contribution in [0.3, 0.4) is 0 Å². The van der Waals surface area contributed by atoms with Crippen LogP contribution in [0.1, 0.15) is 47.5 Å². The van der Waals surface area contributed by atoms with Crippen LogP contribution in [0.15, 0.2) is 0 Å². The number of ether oxygens (including phenoxy) is 1. The van der Waals surface area contributed by atoms with E-state index in [-0.39, 0.29) is 29.4 Å². The lowest BCUT2D eigenvalue weighted by atomic mass is 9.83. The molecule has 1 aliphatic heterocycles. The Kier molecular flexibility index (Phi) is 5.81. The number of rotatable bonds is 4. The van der Waals surface area contributed by atoms with Gasteiger partial charge in [-0.15, -0.1) is 0 Å². The Hall–Kier alpha value is -0.610. The highest BCUT2D eigenvalue weighted by Crippen LogP contribution is 2.27. The van der Waals surface area contributed by atoms with E-state index in [9.17, 15) is 4.79 Å². The number of morpholine rings is 1. The molecule has 0 radical (unpaired) electrons. The van der Waals surface area contributed by atoms with Gasteiger partial charge in [0, 0.05) is 13.1 Å². The van der Waals surface area contributed by atoms with Crippen molar-refractivity contribution in [2.75, 3.05) is 19.7 Å². The molecule has 0 aromatic carbocycles. The summed E-state index contributed by atoms with van der Waals surface area (Å²) in [6, 6.07) is 0.206. The van der Waals surface area contributed by atoms with E-state index in [0.29, 0.717) is 19.7 Å². The van der Waals surface area contributed by atoms with Gasteiger partial charge in [-0.2, -0.15) is 0 Å². The maximum Gasteiger partial charge on any atom is 0.227 e. The fourth-order valence-electron chi connectivity index (χ4n) is 2.70. The molecule has 1 rings (SSSR count). The summed E-state index contributed by atoms with van der Waals surface area (Å²) >= 11 is 0. The minimum atomic E-state index is -0.0700. The zero-order valence-electron chi connectivity index (χ0n) is 13.1. The number of hydrogen-bond acceptors (Lipinski definition) is 3. The van der Waals surface area contributed by atoms with E-state index in [4.69, 9.17) is 10.5 Å². The van der Waals surface area contributed by atoms with Crippen molar-refractivity contribution in [3.63, 3.8) is 0 Å². The molecule has 4 nitrogen and oxygen atoms in total. The third-order valence-corrected chi connectivity index (χ3v) is 3.71. The molecule has 4 heteroatoms. The van der Waals surface area contributed by atoms with Crippen LogP contribution in [0.2, 0.25) is 0 Å². The summed E-state index contributed by atoms with van der Waals surface area (Å²) in [7, 11) is 0. The molecular formula is C15H30N2O2. The van der Waals surface area contributed by atoms with Gasteiger partial charge < -0.3 is 15.4 Å². The lowest BCUT2D eigenvalue weighted by Gasteiger charge is -2.40. The molecule has 0 spiro atoms. The Morgan fingerprint density at radius 2 is 2.11 bits per heavy atom. The first-order valence-electron chi connectivity index (χ1n) is 7.40. The van der Waals surface area contributed by atoms with E-state index in [1.165, 1.54) is 0 Å². The van der Waals surface area contributed by atoms with Crippen LogP contribution in [0, 0.1) is 11.3 Å². The Morgan fingerprint density at radius 3 is 2.58 bits per heavy atom. The van der Waals surface area contributed by atoms with Crippen molar-refractivity contribution in [2.45, 2.75) is 59.6 Å². The molecule has 19 heavy (non-hydrogen) atoms. The van der Waals surface area contributed by atoms with Crippen LogP contribution in [0.4, 0.5) is 0 Å². The van der Waals surface area contributed by atoms with Gasteiger partial charge >= 0.3 is 0 Å². The maximum atomic E-state index is 12.7. The number of nitrogens with zero attached hydrogens (tertiary/aromatic N) is 1. The molecule has 1 saturated heterocycles. The van der Waals surface area contributed by atoms with E-state index in [1.54, 1.807) is 0 Å². The lowest BCUT2D eigenvalue weighted by Crippen LogP contribution is -2.54. The predicted molar refractivity (Wildman–Crippen MR) is 77.8 cm³/mol. The van der Waals surface area contributed by atoms with E-state index in [1.807, 2.05) is 11.8 Å². The van der Waals surface area contributed by atoms with Crippen molar-refractivity contribution in [3.05, 3.63) is 0 Å². The van der Waals surface area contributed by atoms with Crippen molar-refractivity contribution < 1.29 is 9.53 Å². The number of hydrogen-bond donors (Lipinski definition) is 1. The SMILES string of the molecule is CCC1COC(C)CN1C(=O)C(CN)CC(C)(C)C. The Labute approximate surface area is 117 Å². The fourth-order valence-corrected chi connectivity index (χ4v) is 2.70. The minimum Gasteiger partial charge on any atom is -0.375 e. The van der Waals surface area contributed by atoms with Crippen LogP contribution in [0.25, 0.3) is 0 Å². The normalized spacial score (nSPS) is 26.3. The molecule has 0 aromatic rings. The van der Waals surface area contributed by atoms with Gasteiger partial charge in [-0.1, -0.05) is 27.7 Å². The zero-order chi connectivity index (χ0) is 14.6. The van der Waals surface area contributed by atoms with E-state index in [0.717, 1.165) is 12.8 Å². The molecule has 0 saturated carbocycles. The van der Waals surface area contributed by atoms with Crippen LogP contribution in [-0.4, -0.2) is 42.6 Å². The van der Waals surface area contributed by atoms with Gasteiger partial charge in [0.2, 0.25) is 5.91 Å². The summed E-state index contributed by atoms with van der Waals surface area (Å²) in [5, 5.41) is 0. The third kappa shape index (κ3) is 4.77. The van der Waals surface area contributed by atoms with Gasteiger partial charge in [-0.3, -0.25) is 4.79 Å². The number of amides is 1. The van der Waals surface area contributed by atoms with Gasteiger partial charge in [0.15, 0.2) is 0 Å². The predicted octanol–water partition coefficient (Wildman–Crippen LogP) is 2.02. The molecule has 112 valence electrons. The first kappa shape index (κ1) is 16.4. The standard InChI is InChI=1S/C15H30N2O2/c1-6-13-10-19-11(2)9-17(13)14(18)12(8-16)7-15(3,4)5/h11-13H,6-10,16H2,1-5H3. The molecule has 1 aliphatic rings. The minimum absolute atomic E-state index is 0.0700. The van der Waals surface area contributed by atoms with Crippen LogP contribution >= 0.6 is 0 Å². The summed E-state index contributed by atoms with van der Waals surface area (Å²) in [6.45, 7) is 12.4. The van der Waals surface area contributed by atoms with Gasteiger partial charge in [-0.25, -0.2) is 0 Å². The van der Waals surface area contributed by atoms with Gasteiger partial charge in [0.25, 0.3) is 0 Å². The largest absolute Gasteiger partial charge is 0.375 e. The van der Waals surface area contributed by atoms with Crippen LogP contribution < -0.4 is 5.73 Å². The molecule has 1 fully saturated rings. The number of carbonyl (C=O) groups excluding carboxylic acids is 1. The van der Waals surface area contributed by atoms with Crippen molar-refractivity contribution in [1.82, 2.24) is 4.90 Å². The van der Waals surface area contributed by atoms with E-state index < -0.39 is 0 Å². The molecule has 1 amide bonds. The smallest absolute Gasteiger partial charge is 0.227 e.